The van der Waals surface area contributed by atoms with E-state index in [4.69, 9.17) is 11.6 Å². The molecule has 1 heterocycles. The molecule has 1 aliphatic carbocycles. The minimum absolute atomic E-state index is 0.0543. The SMILES string of the molecule is CC1(n2cc3c(S(C)(=O)=O)cc(NC(=O)Cc4ccccc4Cl)cc3n2)CC1. The van der Waals surface area contributed by atoms with Crippen molar-refractivity contribution in [1.82, 2.24) is 9.78 Å². The van der Waals surface area contributed by atoms with E-state index in [2.05, 4.69) is 17.3 Å². The standard InChI is InChI=1S/C20H20ClN3O3S/c1-20(7-8-20)24-12-15-17(23-24)10-14(11-18(15)28(2,26)27)22-19(25)9-13-5-3-4-6-16(13)21/h3-6,10-12H,7-9H2,1-2H3,(H,22,25). The van der Waals surface area contributed by atoms with E-state index in [1.807, 2.05) is 10.7 Å². The Labute approximate surface area is 168 Å². The van der Waals surface area contributed by atoms with E-state index in [1.54, 1.807) is 30.5 Å². The third-order valence-electron chi connectivity index (χ3n) is 5.11. The zero-order chi connectivity index (χ0) is 20.1. The molecule has 0 atom stereocenters. The fraction of sp³-hybridized carbons (Fsp3) is 0.300. The number of carbonyl (C=O) groups is 1. The smallest absolute Gasteiger partial charge is 0.228 e. The summed E-state index contributed by atoms with van der Waals surface area (Å²) in [5.41, 5.74) is 1.60. The molecule has 2 aromatic carbocycles. The van der Waals surface area contributed by atoms with Crippen LogP contribution >= 0.6 is 11.6 Å². The molecular weight excluding hydrogens is 398 g/mol. The van der Waals surface area contributed by atoms with E-state index in [0.717, 1.165) is 19.1 Å². The molecule has 0 aliphatic heterocycles. The van der Waals surface area contributed by atoms with E-state index in [1.165, 1.54) is 6.07 Å². The Morgan fingerprint density at radius 2 is 2.00 bits per heavy atom. The number of amides is 1. The van der Waals surface area contributed by atoms with Crippen LogP contribution in [0.2, 0.25) is 5.02 Å². The minimum atomic E-state index is -3.49. The maximum Gasteiger partial charge on any atom is 0.228 e. The minimum Gasteiger partial charge on any atom is -0.326 e. The molecule has 1 saturated carbocycles. The number of hydrogen-bond acceptors (Lipinski definition) is 4. The van der Waals surface area contributed by atoms with Crippen LogP contribution in [-0.2, 0) is 26.6 Å². The number of halogens is 1. The Balaban J connectivity index is 1.69. The van der Waals surface area contributed by atoms with Crippen molar-refractivity contribution in [2.24, 2.45) is 0 Å². The largest absolute Gasteiger partial charge is 0.326 e. The Morgan fingerprint density at radius 3 is 2.64 bits per heavy atom. The van der Waals surface area contributed by atoms with E-state index in [0.29, 0.717) is 27.2 Å². The molecule has 0 spiro atoms. The molecule has 3 aromatic rings. The van der Waals surface area contributed by atoms with Crippen LogP contribution in [-0.4, -0.2) is 30.4 Å². The molecule has 6 nitrogen and oxygen atoms in total. The molecule has 146 valence electrons. The number of hydrogen-bond donors (Lipinski definition) is 1. The summed E-state index contributed by atoms with van der Waals surface area (Å²) in [7, 11) is -3.49. The number of nitrogens with one attached hydrogen (secondary N) is 1. The first-order valence-corrected chi connectivity index (χ1v) is 11.2. The van der Waals surface area contributed by atoms with Gasteiger partial charge in [0, 0.05) is 28.5 Å². The molecule has 0 bridgehead atoms. The first-order valence-electron chi connectivity index (χ1n) is 8.93. The Kier molecular flexibility index (Phi) is 4.47. The fourth-order valence-corrected chi connectivity index (χ4v) is 4.28. The molecule has 1 aromatic heterocycles. The maximum atomic E-state index is 12.5. The lowest BCUT2D eigenvalue weighted by Gasteiger charge is -2.09. The summed E-state index contributed by atoms with van der Waals surface area (Å²) in [6.45, 7) is 2.09. The van der Waals surface area contributed by atoms with Crippen molar-refractivity contribution in [3.05, 3.63) is 53.2 Å². The molecule has 1 amide bonds. The van der Waals surface area contributed by atoms with E-state index >= 15 is 0 Å². The third kappa shape index (κ3) is 3.64. The first-order chi connectivity index (χ1) is 13.2. The summed E-state index contributed by atoms with van der Waals surface area (Å²) in [6.07, 6.45) is 5.06. The van der Waals surface area contributed by atoms with Gasteiger partial charge in [0.2, 0.25) is 5.91 Å². The summed E-state index contributed by atoms with van der Waals surface area (Å²) in [4.78, 5) is 12.6. The summed E-state index contributed by atoms with van der Waals surface area (Å²) < 4.78 is 26.5. The number of rotatable bonds is 5. The van der Waals surface area contributed by atoms with Gasteiger partial charge in [0.05, 0.1) is 22.4 Å². The average molecular weight is 418 g/mol. The summed E-state index contributed by atoms with van der Waals surface area (Å²) in [5, 5.41) is 8.43. The van der Waals surface area contributed by atoms with Gasteiger partial charge in [-0.1, -0.05) is 29.8 Å². The Morgan fingerprint density at radius 1 is 1.29 bits per heavy atom. The summed E-state index contributed by atoms with van der Waals surface area (Å²) in [6, 6.07) is 10.3. The number of carbonyl (C=O) groups excluding carboxylic acids is 1. The van der Waals surface area contributed by atoms with Crippen molar-refractivity contribution >= 4 is 43.9 Å². The number of aromatic nitrogens is 2. The van der Waals surface area contributed by atoms with Crippen LogP contribution in [0.4, 0.5) is 5.69 Å². The predicted molar refractivity (Wildman–Crippen MR) is 110 cm³/mol. The second-order valence-corrected chi connectivity index (χ2v) is 9.96. The van der Waals surface area contributed by atoms with E-state index in [9.17, 15) is 13.2 Å². The van der Waals surface area contributed by atoms with E-state index in [-0.39, 0.29) is 22.8 Å². The van der Waals surface area contributed by atoms with Crippen molar-refractivity contribution in [1.29, 1.82) is 0 Å². The van der Waals surface area contributed by atoms with Gasteiger partial charge in [-0.3, -0.25) is 9.48 Å². The van der Waals surface area contributed by atoms with Gasteiger partial charge in [0.1, 0.15) is 0 Å². The normalized spacial score (nSPS) is 15.5. The van der Waals surface area contributed by atoms with Gasteiger partial charge in [0.15, 0.2) is 9.84 Å². The lowest BCUT2D eigenvalue weighted by atomic mass is 10.1. The number of nitrogens with zero attached hydrogens (tertiary/aromatic N) is 2. The molecule has 1 fully saturated rings. The number of benzene rings is 2. The third-order valence-corrected chi connectivity index (χ3v) is 6.61. The van der Waals surface area contributed by atoms with Crippen LogP contribution in [0.1, 0.15) is 25.3 Å². The summed E-state index contributed by atoms with van der Waals surface area (Å²) in [5.74, 6) is -0.277. The van der Waals surface area contributed by atoms with Crippen molar-refractivity contribution in [3.8, 4) is 0 Å². The molecule has 4 rings (SSSR count). The Hall–Kier alpha value is -2.38. The van der Waals surface area contributed by atoms with Gasteiger partial charge >= 0.3 is 0 Å². The second kappa shape index (κ2) is 6.60. The van der Waals surface area contributed by atoms with Gasteiger partial charge in [0.25, 0.3) is 0 Å². The molecular formula is C20H20ClN3O3S. The lowest BCUT2D eigenvalue weighted by Crippen LogP contribution is -2.15. The van der Waals surface area contributed by atoms with Crippen LogP contribution < -0.4 is 5.32 Å². The van der Waals surface area contributed by atoms with Gasteiger partial charge in [-0.25, -0.2) is 8.42 Å². The topological polar surface area (TPSA) is 81.1 Å². The molecule has 28 heavy (non-hydrogen) atoms. The zero-order valence-electron chi connectivity index (χ0n) is 15.6. The average Bonchev–Trinajstić information content (AvgIpc) is 3.21. The molecule has 1 aliphatic rings. The zero-order valence-corrected chi connectivity index (χ0v) is 17.1. The van der Waals surface area contributed by atoms with Gasteiger partial charge < -0.3 is 5.32 Å². The highest BCUT2D eigenvalue weighted by Gasteiger charge is 2.40. The Bertz CT molecular complexity index is 1200. The monoisotopic (exact) mass is 417 g/mol. The van der Waals surface area contributed by atoms with Crippen LogP contribution in [0.15, 0.2) is 47.5 Å². The summed E-state index contributed by atoms with van der Waals surface area (Å²) >= 11 is 6.11. The van der Waals surface area contributed by atoms with Crippen LogP contribution in [0.25, 0.3) is 10.9 Å². The van der Waals surface area contributed by atoms with Crippen LogP contribution in [0.3, 0.4) is 0 Å². The molecule has 8 heteroatoms. The van der Waals surface area contributed by atoms with E-state index < -0.39 is 9.84 Å². The number of fused-ring (bicyclic) bond motifs is 1. The highest BCUT2D eigenvalue weighted by Crippen LogP contribution is 2.43. The van der Waals surface area contributed by atoms with Gasteiger partial charge in [-0.05, 0) is 43.5 Å². The van der Waals surface area contributed by atoms with Crippen molar-refractivity contribution in [2.75, 3.05) is 11.6 Å². The second-order valence-electron chi connectivity index (χ2n) is 7.57. The molecule has 0 saturated heterocycles. The van der Waals surface area contributed by atoms with Crippen LogP contribution in [0.5, 0.6) is 0 Å². The molecule has 0 radical (unpaired) electrons. The van der Waals surface area contributed by atoms with Crippen molar-refractivity contribution in [3.63, 3.8) is 0 Å². The molecule has 1 N–H and O–H groups in total. The van der Waals surface area contributed by atoms with Crippen molar-refractivity contribution < 1.29 is 13.2 Å². The number of sulfone groups is 1. The quantitative estimate of drug-likeness (QED) is 0.684. The predicted octanol–water partition coefficient (Wildman–Crippen LogP) is 3.78. The first kappa shape index (κ1) is 19.0. The highest BCUT2D eigenvalue weighted by molar-refractivity contribution is 7.91. The maximum absolute atomic E-state index is 12.5. The van der Waals surface area contributed by atoms with Gasteiger partial charge in [-0.2, -0.15) is 5.10 Å². The van der Waals surface area contributed by atoms with Crippen LogP contribution in [0, 0.1) is 0 Å². The van der Waals surface area contributed by atoms with Gasteiger partial charge in [-0.15, -0.1) is 0 Å². The molecule has 0 unspecified atom stereocenters. The highest BCUT2D eigenvalue weighted by atomic mass is 35.5. The fourth-order valence-electron chi connectivity index (χ4n) is 3.18. The number of anilines is 1. The van der Waals surface area contributed by atoms with Crippen molar-refractivity contribution in [2.45, 2.75) is 36.6 Å². The lowest BCUT2D eigenvalue weighted by molar-refractivity contribution is -0.115.